The molecule has 11 rings (SSSR count). The Morgan fingerprint density at radius 3 is 2.46 bits per heavy atom. The summed E-state index contributed by atoms with van der Waals surface area (Å²) in [6.07, 6.45) is 14.9. The zero-order chi connectivity index (χ0) is 64.5. The largest absolute Gasteiger partial charge is 0.455 e. The lowest BCUT2D eigenvalue weighted by Crippen LogP contribution is -2.52. The lowest BCUT2D eigenvalue weighted by molar-refractivity contribution is -0.384. The van der Waals surface area contributed by atoms with E-state index in [9.17, 15) is 37.7 Å². The first-order valence-electron chi connectivity index (χ1n) is 32.3. The van der Waals surface area contributed by atoms with Crippen LogP contribution in [-0.2, 0) is 26.2 Å². The monoisotopic (exact) mass is 1290 g/mol. The number of nitrogens with zero attached hydrogens (tertiary/aromatic N) is 7. The number of nitro groups is 1. The number of aromatic amines is 1. The van der Waals surface area contributed by atoms with Crippen LogP contribution in [0.4, 0.5) is 17.1 Å². The first-order valence-corrected chi connectivity index (χ1v) is 34.1. The van der Waals surface area contributed by atoms with Crippen LogP contribution in [0.15, 0.2) is 114 Å². The Morgan fingerprint density at radius 2 is 1.67 bits per heavy atom. The zero-order valence-corrected chi connectivity index (χ0v) is 54.3. The Labute approximate surface area is 543 Å². The van der Waals surface area contributed by atoms with Gasteiger partial charge in [-0.3, -0.25) is 39.5 Å². The molecule has 4 aromatic carbocycles. The number of allylic oxidation sites excluding steroid dienone is 1. The Hall–Kier alpha value is -8.13. The van der Waals surface area contributed by atoms with Gasteiger partial charge in [0.1, 0.15) is 28.9 Å². The van der Waals surface area contributed by atoms with Crippen molar-refractivity contribution in [1.82, 2.24) is 39.6 Å². The summed E-state index contributed by atoms with van der Waals surface area (Å²) < 4.78 is 36.6. The minimum absolute atomic E-state index is 0.0448. The summed E-state index contributed by atoms with van der Waals surface area (Å²) in [7, 11) is -2.45. The number of pyridine rings is 1. The molecule has 5 aliphatic rings. The van der Waals surface area contributed by atoms with Gasteiger partial charge in [0.05, 0.1) is 21.6 Å². The number of halogens is 1. The number of amides is 4. The van der Waals surface area contributed by atoms with Crippen molar-refractivity contribution in [2.45, 2.75) is 115 Å². The number of ether oxygens (including phenoxy) is 1. The highest BCUT2D eigenvalue weighted by Gasteiger charge is 2.40. The summed E-state index contributed by atoms with van der Waals surface area (Å²) in [5.41, 5.74) is 7.72. The minimum atomic E-state index is -4.61. The number of anilines is 2. The van der Waals surface area contributed by atoms with Crippen molar-refractivity contribution in [1.29, 1.82) is 0 Å². The fourth-order valence-electron chi connectivity index (χ4n) is 13.3. The van der Waals surface area contributed by atoms with E-state index >= 15 is 0 Å². The fourth-order valence-corrected chi connectivity index (χ4v) is 14.5. The molecule has 0 saturated carbocycles. The third-order valence-electron chi connectivity index (χ3n) is 18.7. The number of benzene rings is 4. The minimum Gasteiger partial charge on any atom is -0.455 e. The second kappa shape index (κ2) is 29.2. The molecule has 3 saturated heterocycles. The van der Waals surface area contributed by atoms with Crippen molar-refractivity contribution < 1.29 is 37.3 Å². The SMILES string of the molecule is CN(CCCCCCC#Cc1cccc2c1CN(C1CCC(=O)NC1=O)C2=O)CCCN1CCC(CNc2ccc(S(=O)(=O)NC(=O)c3ccc(N4CCN(CC5=C(c6ccc(Cl)cc6)CC(C)(C)CC5)CC4)cc3Oc3cnc4[nH]ccc4c3)cc2[N+](=O)[O-])CC1. The third kappa shape index (κ3) is 16.2. The van der Waals surface area contributed by atoms with E-state index in [0.29, 0.717) is 49.6 Å². The van der Waals surface area contributed by atoms with Crippen LogP contribution in [0.1, 0.15) is 135 Å². The van der Waals surface area contributed by atoms with Gasteiger partial charge in [0.25, 0.3) is 27.5 Å². The number of piperazine rings is 1. The molecule has 22 heteroatoms. The van der Waals surface area contributed by atoms with Crippen LogP contribution in [0.5, 0.6) is 11.5 Å². The molecule has 6 aromatic rings. The number of rotatable bonds is 24. The molecule has 0 radical (unpaired) electrons. The van der Waals surface area contributed by atoms with Gasteiger partial charge in [0.2, 0.25) is 11.8 Å². The Balaban J connectivity index is 0.621. The summed E-state index contributed by atoms with van der Waals surface area (Å²) >= 11 is 6.28. The number of aromatic nitrogens is 2. The number of piperidine rings is 2. The highest BCUT2D eigenvalue weighted by molar-refractivity contribution is 7.90. The Bertz CT molecular complexity index is 3940. The average Bonchev–Trinajstić information content (AvgIpc) is 1.53. The highest BCUT2D eigenvalue weighted by atomic mass is 35.5. The van der Waals surface area contributed by atoms with Gasteiger partial charge in [-0.05, 0) is 186 Å². The number of carbonyl (C=O) groups is 4. The van der Waals surface area contributed by atoms with Gasteiger partial charge in [-0.15, -0.1) is 0 Å². The van der Waals surface area contributed by atoms with E-state index in [4.69, 9.17) is 16.3 Å². The maximum absolute atomic E-state index is 14.2. The van der Waals surface area contributed by atoms with Crippen molar-refractivity contribution in [2.24, 2.45) is 11.3 Å². The van der Waals surface area contributed by atoms with E-state index in [2.05, 4.69) is 89.8 Å². The highest BCUT2D eigenvalue weighted by Crippen LogP contribution is 2.44. The molecule has 2 aromatic heterocycles. The van der Waals surface area contributed by atoms with Crippen LogP contribution >= 0.6 is 11.6 Å². The quantitative estimate of drug-likeness (QED) is 0.0145. The van der Waals surface area contributed by atoms with Crippen LogP contribution in [0, 0.1) is 33.3 Å². The number of unbranched alkanes of at least 4 members (excludes halogenated alkanes) is 4. The molecule has 3 fully saturated rings. The topological polar surface area (TPSA) is 236 Å². The van der Waals surface area contributed by atoms with Crippen molar-refractivity contribution in [2.75, 3.05) is 89.3 Å². The number of likely N-dealkylation sites (tertiary alicyclic amines) is 1. The van der Waals surface area contributed by atoms with Gasteiger partial charge in [-0.25, -0.2) is 18.1 Å². The van der Waals surface area contributed by atoms with Gasteiger partial charge in [-0.2, -0.15) is 0 Å². The number of hydrogen-bond acceptors (Lipinski definition) is 15. The molecule has 4 N–H and O–H groups in total. The van der Waals surface area contributed by atoms with Crippen molar-refractivity contribution in [3.05, 3.63) is 152 Å². The predicted molar refractivity (Wildman–Crippen MR) is 357 cm³/mol. The van der Waals surface area contributed by atoms with Crippen LogP contribution in [0.25, 0.3) is 16.6 Å². The van der Waals surface area contributed by atoms with E-state index < -0.39 is 43.4 Å². The predicted octanol–water partition coefficient (Wildman–Crippen LogP) is 11.0. The fraction of sp³-hybridized carbons (Fsp3) is 0.443. The summed E-state index contributed by atoms with van der Waals surface area (Å²) in [4.78, 5) is 81.6. The maximum Gasteiger partial charge on any atom is 0.293 e. The van der Waals surface area contributed by atoms with Crippen molar-refractivity contribution in [3.8, 4) is 23.3 Å². The summed E-state index contributed by atoms with van der Waals surface area (Å²) in [5, 5.41) is 19.6. The summed E-state index contributed by atoms with van der Waals surface area (Å²) in [6, 6.07) is 25.4. The standard InChI is InChI=1S/C70H82ClN11O9S/c1-70(2)29-25-52(59(43-70)50-15-17-53(71)18-16-50)46-79-36-38-80(39-37-79)54-19-21-58(64(41-54)91-55-40-51-26-30-72-66(51)74-45-55)67(84)76-92(89,90)56-20-22-61(63(42-56)82(87)88)73-44-48-27-34-78(35-28-48)33-11-32-77(3)31-9-7-5-4-6-8-12-49-13-10-14-57-60(49)47-81(69(57)86)62-23-24-65(83)75-68(62)85/h10,13-22,26,30,40-42,45,48,62,73H,4-7,9,11,23-25,27-29,31-39,43-44,46-47H2,1-3H3,(H,72,74)(H,76,84)(H,75,83,85). The number of sulfonamides is 1. The third-order valence-corrected chi connectivity index (χ3v) is 20.3. The molecule has 1 aliphatic carbocycles. The van der Waals surface area contributed by atoms with Crippen LogP contribution < -0.4 is 25.0 Å². The average molecular weight is 1290 g/mol. The number of nitrogens with one attached hydrogen (secondary N) is 4. The first kappa shape index (κ1) is 65.4. The summed E-state index contributed by atoms with van der Waals surface area (Å²) in [5.74, 6) is 5.42. The van der Waals surface area contributed by atoms with Crippen LogP contribution in [0.2, 0.25) is 5.02 Å². The smallest absolute Gasteiger partial charge is 0.293 e. The zero-order valence-electron chi connectivity index (χ0n) is 52.7. The molecule has 0 spiro atoms. The van der Waals surface area contributed by atoms with E-state index in [1.165, 1.54) is 35.0 Å². The first-order chi connectivity index (χ1) is 44.3. The second-order valence-corrected chi connectivity index (χ2v) is 28.1. The number of carbonyl (C=O) groups excluding carboxylic acids is 4. The number of fused-ring (bicyclic) bond motifs is 2. The lowest BCUT2D eigenvalue weighted by atomic mass is 9.72. The van der Waals surface area contributed by atoms with Gasteiger partial charge in [0.15, 0.2) is 0 Å². The molecule has 0 bridgehead atoms. The lowest BCUT2D eigenvalue weighted by Gasteiger charge is -2.39. The Kier molecular flexibility index (Phi) is 20.8. The molecule has 20 nitrogen and oxygen atoms in total. The van der Waals surface area contributed by atoms with E-state index in [-0.39, 0.29) is 46.6 Å². The molecule has 4 aliphatic heterocycles. The molecule has 1 unspecified atom stereocenters. The summed E-state index contributed by atoms with van der Waals surface area (Å²) in [6.45, 7) is 14.2. The van der Waals surface area contributed by atoms with Crippen LogP contribution in [-0.4, -0.2) is 152 Å². The number of H-pyrrole nitrogens is 1. The van der Waals surface area contributed by atoms with Gasteiger partial charge >= 0.3 is 0 Å². The van der Waals surface area contributed by atoms with Crippen molar-refractivity contribution >= 4 is 78.9 Å². The van der Waals surface area contributed by atoms with Gasteiger partial charge < -0.3 is 34.6 Å². The van der Waals surface area contributed by atoms with Gasteiger partial charge in [-0.1, -0.05) is 73.9 Å². The maximum atomic E-state index is 14.2. The second-order valence-electron chi connectivity index (χ2n) is 26.0. The van der Waals surface area contributed by atoms with E-state index in [1.54, 1.807) is 41.4 Å². The Morgan fingerprint density at radius 1 is 0.891 bits per heavy atom. The molecule has 92 heavy (non-hydrogen) atoms. The normalized spacial score (nSPS) is 18.2. The molecule has 484 valence electrons. The van der Waals surface area contributed by atoms with E-state index in [0.717, 1.165) is 156 Å². The van der Waals surface area contributed by atoms with Gasteiger partial charge in [0, 0.05) is 104 Å². The number of nitro benzene ring substituents is 1. The number of hydrogen-bond donors (Lipinski definition) is 4. The molecule has 1 atom stereocenters. The number of imide groups is 1. The van der Waals surface area contributed by atoms with E-state index in [1.807, 2.05) is 30.3 Å². The molecule has 6 heterocycles. The van der Waals surface area contributed by atoms with Crippen LogP contribution in [0.3, 0.4) is 0 Å². The van der Waals surface area contributed by atoms with Crippen molar-refractivity contribution in [3.63, 3.8) is 0 Å². The molecular weight excluding hydrogens is 1210 g/mol. The molecule has 4 amide bonds. The molecular formula is C70H82ClN11O9S.